The Morgan fingerprint density at radius 3 is 2.67 bits per heavy atom. The predicted molar refractivity (Wildman–Crippen MR) is 111 cm³/mol. The first-order valence-corrected chi connectivity index (χ1v) is 10.4. The zero-order valence-corrected chi connectivity index (χ0v) is 17.1. The number of benzene rings is 1. The number of hydrogen-bond donors (Lipinski definition) is 0. The number of halogens is 2. The number of nitriles is 1. The Morgan fingerprint density at radius 2 is 1.97 bits per heavy atom. The van der Waals surface area contributed by atoms with Crippen molar-refractivity contribution in [3.63, 3.8) is 0 Å². The third kappa shape index (κ3) is 3.56. The molecule has 2 aliphatic carbocycles. The first-order chi connectivity index (χ1) is 14.3. The summed E-state index contributed by atoms with van der Waals surface area (Å²) in [6, 6.07) is 13.2. The maximum absolute atomic E-state index is 14.6. The van der Waals surface area contributed by atoms with Crippen molar-refractivity contribution in [1.29, 1.82) is 5.26 Å². The first-order valence-electron chi connectivity index (χ1n) is 10.4. The predicted octanol–water partition coefficient (Wildman–Crippen LogP) is 5.77. The fourth-order valence-corrected chi connectivity index (χ4v) is 5.21. The van der Waals surface area contributed by atoms with Gasteiger partial charge in [0.15, 0.2) is 0 Å². The molecule has 1 aromatic carbocycles. The first kappa shape index (κ1) is 20.4. The van der Waals surface area contributed by atoms with Crippen molar-refractivity contribution < 1.29 is 13.6 Å². The lowest BCUT2D eigenvalue weighted by atomic mass is 9.64. The highest BCUT2D eigenvalue weighted by Gasteiger charge is 2.57. The average molecular weight is 406 g/mol. The van der Waals surface area contributed by atoms with Crippen LogP contribution in [0.4, 0.5) is 8.78 Å². The molecule has 2 fully saturated rings. The van der Waals surface area contributed by atoms with Crippen molar-refractivity contribution in [2.45, 2.75) is 32.6 Å². The molecular weight excluding hydrogens is 382 g/mol. The number of aromatic nitrogens is 1. The van der Waals surface area contributed by atoms with Gasteiger partial charge in [0.1, 0.15) is 5.78 Å². The molecule has 1 heterocycles. The van der Waals surface area contributed by atoms with Crippen molar-refractivity contribution >= 4 is 11.9 Å². The molecule has 1 aromatic heterocycles. The molecule has 154 valence electrons. The number of alkyl halides is 2. The number of allylic oxidation sites excluding steroid dienone is 1. The molecule has 0 bridgehead atoms. The highest BCUT2D eigenvalue weighted by atomic mass is 19.3. The molecule has 5 heteroatoms. The van der Waals surface area contributed by atoms with Gasteiger partial charge in [-0.15, -0.1) is 0 Å². The van der Waals surface area contributed by atoms with Gasteiger partial charge in [-0.2, -0.15) is 5.26 Å². The van der Waals surface area contributed by atoms with Gasteiger partial charge in [0.25, 0.3) is 5.92 Å². The van der Waals surface area contributed by atoms with Crippen molar-refractivity contribution in [3.8, 4) is 17.2 Å². The number of Topliss-reactive ketones (excluding diaryl/α,β-unsaturated/α-hetero) is 1. The third-order valence-electron chi connectivity index (χ3n) is 6.87. The van der Waals surface area contributed by atoms with E-state index in [1.54, 1.807) is 25.3 Å². The maximum Gasteiger partial charge on any atom is 0.251 e. The summed E-state index contributed by atoms with van der Waals surface area (Å²) in [6.45, 7) is 3.59. The van der Waals surface area contributed by atoms with Gasteiger partial charge < -0.3 is 0 Å². The van der Waals surface area contributed by atoms with Gasteiger partial charge in [-0.3, -0.25) is 9.78 Å². The lowest BCUT2D eigenvalue weighted by Gasteiger charge is -2.43. The van der Waals surface area contributed by atoms with Crippen molar-refractivity contribution in [2.75, 3.05) is 0 Å². The number of rotatable bonds is 3. The number of carbonyl (C=O) groups excluding carboxylic acids is 1. The van der Waals surface area contributed by atoms with Crippen LogP contribution in [-0.2, 0) is 4.79 Å². The van der Waals surface area contributed by atoms with E-state index in [1.165, 1.54) is 0 Å². The van der Waals surface area contributed by atoms with E-state index in [4.69, 9.17) is 0 Å². The van der Waals surface area contributed by atoms with E-state index in [0.717, 1.165) is 11.1 Å². The van der Waals surface area contributed by atoms with Gasteiger partial charge in [-0.1, -0.05) is 44.2 Å². The highest BCUT2D eigenvalue weighted by molar-refractivity contribution is 5.84. The van der Waals surface area contributed by atoms with Crippen LogP contribution in [0.5, 0.6) is 0 Å². The summed E-state index contributed by atoms with van der Waals surface area (Å²) < 4.78 is 29.2. The molecule has 0 radical (unpaired) electrons. The van der Waals surface area contributed by atoms with Gasteiger partial charge in [-0.25, -0.2) is 8.78 Å². The van der Waals surface area contributed by atoms with E-state index in [1.807, 2.05) is 43.3 Å². The molecule has 3 nitrogen and oxygen atoms in total. The summed E-state index contributed by atoms with van der Waals surface area (Å²) >= 11 is 0. The van der Waals surface area contributed by atoms with Crippen LogP contribution < -0.4 is 0 Å². The Morgan fingerprint density at radius 1 is 1.20 bits per heavy atom. The minimum Gasteiger partial charge on any atom is -0.299 e. The lowest BCUT2D eigenvalue weighted by molar-refractivity contribution is -0.145. The molecule has 2 aliphatic rings. The molecule has 4 rings (SSSR count). The fraction of sp³-hybridized carbons (Fsp3) is 0.400. The molecule has 0 saturated heterocycles. The molecule has 0 spiro atoms. The molecule has 5 atom stereocenters. The Bertz CT molecular complexity index is 1020. The average Bonchev–Trinajstić information content (AvgIpc) is 3.01. The normalized spacial score (nSPS) is 30.2. The summed E-state index contributed by atoms with van der Waals surface area (Å²) in [5.41, 5.74) is 2.89. The second-order valence-corrected chi connectivity index (χ2v) is 8.65. The van der Waals surface area contributed by atoms with Crippen LogP contribution in [0.1, 0.15) is 37.9 Å². The Kier molecular flexibility index (Phi) is 5.27. The molecule has 0 unspecified atom stereocenters. The smallest absolute Gasteiger partial charge is 0.251 e. The number of carbonyl (C=O) groups is 1. The summed E-state index contributed by atoms with van der Waals surface area (Å²) in [7, 11) is 0. The molecular formula is C25H24F2N2O. The SMILES string of the molecule is C[C@H]1CC(=O)[C@@H]2CC(F)(F)[C@@H](C)[C@H](/C=C/c3ccc(-c4ccccc4C#N)cn3)[C@H]12. The van der Waals surface area contributed by atoms with Crippen LogP contribution in [0.15, 0.2) is 48.7 Å². The summed E-state index contributed by atoms with van der Waals surface area (Å²) in [4.78, 5) is 16.7. The van der Waals surface area contributed by atoms with Crippen molar-refractivity contribution in [3.05, 3.63) is 59.9 Å². The topological polar surface area (TPSA) is 53.8 Å². The van der Waals surface area contributed by atoms with Crippen LogP contribution in [0.25, 0.3) is 17.2 Å². The highest BCUT2D eigenvalue weighted by Crippen LogP contribution is 2.54. The van der Waals surface area contributed by atoms with Crippen LogP contribution in [0, 0.1) is 40.9 Å². The van der Waals surface area contributed by atoms with E-state index < -0.39 is 17.8 Å². The van der Waals surface area contributed by atoms with Gasteiger partial charge >= 0.3 is 0 Å². The minimum absolute atomic E-state index is 0.0175. The van der Waals surface area contributed by atoms with Gasteiger partial charge in [0, 0.05) is 42.0 Å². The minimum atomic E-state index is -2.84. The van der Waals surface area contributed by atoms with Crippen LogP contribution in [0.2, 0.25) is 0 Å². The second-order valence-electron chi connectivity index (χ2n) is 8.65. The zero-order chi connectivity index (χ0) is 21.5. The van der Waals surface area contributed by atoms with Crippen LogP contribution >= 0.6 is 0 Å². The largest absolute Gasteiger partial charge is 0.299 e. The molecule has 0 amide bonds. The zero-order valence-electron chi connectivity index (χ0n) is 17.1. The number of nitrogens with zero attached hydrogens (tertiary/aromatic N) is 2. The van der Waals surface area contributed by atoms with Gasteiger partial charge in [0.05, 0.1) is 17.3 Å². The van der Waals surface area contributed by atoms with E-state index >= 15 is 0 Å². The molecule has 0 N–H and O–H groups in total. The summed E-state index contributed by atoms with van der Waals surface area (Å²) in [6.07, 6.45) is 5.38. The Balaban J connectivity index is 1.59. The molecule has 0 aliphatic heterocycles. The molecule has 30 heavy (non-hydrogen) atoms. The monoisotopic (exact) mass is 406 g/mol. The van der Waals surface area contributed by atoms with E-state index in [9.17, 15) is 18.8 Å². The standard InChI is InChI=1S/C25H24F2N2O/c1-15-11-23(30)22-12-25(26,27)16(2)20(24(15)22)10-9-19-8-7-18(14-29-19)21-6-4-3-5-17(21)13-28/h3-10,14-16,20,22,24H,11-12H2,1-2H3/b10-9+/t15-,16-,20-,22-,24-/m0/s1. The number of pyridine rings is 1. The maximum atomic E-state index is 14.6. The summed E-state index contributed by atoms with van der Waals surface area (Å²) in [5, 5.41) is 9.28. The molecule has 2 saturated carbocycles. The second kappa shape index (κ2) is 7.75. The number of ketones is 1. The lowest BCUT2D eigenvalue weighted by Crippen LogP contribution is -2.46. The number of hydrogen-bond acceptors (Lipinski definition) is 3. The van der Waals surface area contributed by atoms with Gasteiger partial charge in [-0.05, 0) is 36.0 Å². The third-order valence-corrected chi connectivity index (χ3v) is 6.87. The van der Waals surface area contributed by atoms with E-state index in [2.05, 4.69) is 11.1 Å². The Labute approximate surface area is 175 Å². The van der Waals surface area contributed by atoms with Gasteiger partial charge in [0.2, 0.25) is 0 Å². The summed E-state index contributed by atoms with van der Waals surface area (Å²) in [5.74, 6) is -4.49. The van der Waals surface area contributed by atoms with E-state index in [0.29, 0.717) is 17.7 Å². The van der Waals surface area contributed by atoms with Crippen molar-refractivity contribution in [2.24, 2.45) is 29.6 Å². The van der Waals surface area contributed by atoms with E-state index in [-0.39, 0.29) is 30.0 Å². The molecule has 2 aromatic rings. The quantitative estimate of drug-likeness (QED) is 0.651. The van der Waals surface area contributed by atoms with Crippen LogP contribution in [0.3, 0.4) is 0 Å². The van der Waals surface area contributed by atoms with Crippen LogP contribution in [-0.4, -0.2) is 16.7 Å². The fourth-order valence-electron chi connectivity index (χ4n) is 5.21. The van der Waals surface area contributed by atoms with Crippen molar-refractivity contribution in [1.82, 2.24) is 4.98 Å². The number of fused-ring (bicyclic) bond motifs is 1. The Hall–Kier alpha value is -2.87.